The van der Waals surface area contributed by atoms with Crippen LogP contribution in [-0.2, 0) is 6.42 Å². The first kappa shape index (κ1) is 18.5. The van der Waals surface area contributed by atoms with E-state index in [1.807, 2.05) is 12.1 Å². The summed E-state index contributed by atoms with van der Waals surface area (Å²) in [5.74, 6) is 1.25. The molecule has 3 rings (SSSR count). The number of nitriles is 1. The molecule has 1 aliphatic heterocycles. The van der Waals surface area contributed by atoms with Gasteiger partial charge >= 0.3 is 6.09 Å². The van der Waals surface area contributed by atoms with Crippen molar-refractivity contribution in [1.82, 2.24) is 15.3 Å². The number of anilines is 3. The lowest BCUT2D eigenvalue weighted by atomic mass is 10.2. The van der Waals surface area contributed by atoms with Gasteiger partial charge < -0.3 is 20.6 Å². The first-order chi connectivity index (χ1) is 13.1. The second-order valence-corrected chi connectivity index (χ2v) is 6.49. The fraction of sp³-hybridized carbons (Fsp3) is 0.368. The zero-order valence-corrected chi connectivity index (χ0v) is 15.1. The van der Waals surface area contributed by atoms with Gasteiger partial charge in [-0.15, -0.1) is 0 Å². The molecule has 1 aromatic carbocycles. The second-order valence-electron chi connectivity index (χ2n) is 6.49. The third-order valence-corrected chi connectivity index (χ3v) is 4.36. The molecule has 2 aromatic rings. The summed E-state index contributed by atoms with van der Waals surface area (Å²) < 4.78 is 0. The van der Waals surface area contributed by atoms with Crippen molar-refractivity contribution >= 4 is 23.5 Å². The third-order valence-electron chi connectivity index (χ3n) is 4.36. The Kier molecular flexibility index (Phi) is 5.71. The van der Waals surface area contributed by atoms with Crippen molar-refractivity contribution < 1.29 is 9.90 Å². The third kappa shape index (κ3) is 4.85. The van der Waals surface area contributed by atoms with Crippen LogP contribution in [0.1, 0.15) is 31.0 Å². The van der Waals surface area contributed by atoms with Crippen molar-refractivity contribution in [3.05, 3.63) is 41.6 Å². The minimum absolute atomic E-state index is 0.101. The highest BCUT2D eigenvalue weighted by molar-refractivity contribution is 5.65. The van der Waals surface area contributed by atoms with E-state index in [1.54, 1.807) is 18.2 Å². The van der Waals surface area contributed by atoms with E-state index in [0.29, 0.717) is 18.1 Å². The van der Waals surface area contributed by atoms with Crippen LogP contribution in [-0.4, -0.2) is 40.3 Å². The van der Waals surface area contributed by atoms with E-state index in [0.717, 1.165) is 43.0 Å². The van der Waals surface area contributed by atoms with Crippen molar-refractivity contribution in [3.8, 4) is 6.07 Å². The molecule has 1 aliphatic rings. The van der Waals surface area contributed by atoms with Crippen molar-refractivity contribution in [3.63, 3.8) is 0 Å². The first-order valence-corrected chi connectivity index (χ1v) is 8.97. The van der Waals surface area contributed by atoms with E-state index in [4.69, 9.17) is 10.4 Å². The van der Waals surface area contributed by atoms with Gasteiger partial charge in [0.15, 0.2) is 0 Å². The molecule has 1 aromatic heterocycles. The van der Waals surface area contributed by atoms with Gasteiger partial charge in [-0.1, -0.05) is 19.4 Å². The summed E-state index contributed by atoms with van der Waals surface area (Å²) in [6, 6.07) is 11.1. The Balaban J connectivity index is 1.82. The van der Waals surface area contributed by atoms with Crippen LogP contribution in [0.4, 0.5) is 22.2 Å². The van der Waals surface area contributed by atoms with Gasteiger partial charge in [0.2, 0.25) is 5.95 Å². The zero-order chi connectivity index (χ0) is 19.2. The Morgan fingerprint density at radius 1 is 1.41 bits per heavy atom. The normalized spacial score (nSPS) is 16.0. The fourth-order valence-electron chi connectivity index (χ4n) is 3.14. The molecule has 140 valence electrons. The van der Waals surface area contributed by atoms with Gasteiger partial charge in [0.05, 0.1) is 17.7 Å². The Hall–Kier alpha value is -3.34. The predicted octanol–water partition coefficient (Wildman–Crippen LogP) is 2.89. The minimum atomic E-state index is -1.00. The van der Waals surface area contributed by atoms with Gasteiger partial charge in [-0.25, -0.2) is 9.78 Å². The number of aromatic nitrogens is 2. The quantitative estimate of drug-likeness (QED) is 0.720. The molecule has 2 heterocycles. The number of hydrogen-bond donors (Lipinski definition) is 3. The number of nitrogens with one attached hydrogen (secondary N) is 2. The van der Waals surface area contributed by atoms with Crippen LogP contribution in [0, 0.1) is 11.3 Å². The average Bonchev–Trinajstić information content (AvgIpc) is 3.10. The molecule has 1 saturated heterocycles. The highest BCUT2D eigenvalue weighted by Crippen LogP contribution is 2.23. The molecule has 0 aliphatic carbocycles. The molecule has 0 bridgehead atoms. The van der Waals surface area contributed by atoms with Crippen molar-refractivity contribution in [2.24, 2.45) is 0 Å². The van der Waals surface area contributed by atoms with Crippen molar-refractivity contribution in [1.29, 1.82) is 5.26 Å². The van der Waals surface area contributed by atoms with Crippen LogP contribution >= 0.6 is 0 Å². The average molecular weight is 366 g/mol. The molecule has 0 saturated carbocycles. The number of amides is 1. The van der Waals surface area contributed by atoms with E-state index in [-0.39, 0.29) is 6.04 Å². The highest BCUT2D eigenvalue weighted by Gasteiger charge is 2.25. The van der Waals surface area contributed by atoms with Crippen LogP contribution in [0.3, 0.4) is 0 Å². The molecule has 1 fully saturated rings. The highest BCUT2D eigenvalue weighted by atomic mass is 16.4. The summed E-state index contributed by atoms with van der Waals surface area (Å²) in [5, 5.41) is 23.7. The lowest BCUT2D eigenvalue weighted by Gasteiger charge is -2.19. The Labute approximate surface area is 157 Å². The number of nitrogens with zero attached hydrogens (tertiary/aromatic N) is 4. The van der Waals surface area contributed by atoms with Gasteiger partial charge in [0, 0.05) is 30.5 Å². The molecule has 27 heavy (non-hydrogen) atoms. The summed E-state index contributed by atoms with van der Waals surface area (Å²) in [7, 11) is 0. The largest absolute Gasteiger partial charge is 0.465 e. The lowest BCUT2D eigenvalue weighted by molar-refractivity contribution is 0.191. The molecule has 1 amide bonds. The molecular formula is C19H22N6O2. The number of hydrogen-bond acceptors (Lipinski definition) is 6. The van der Waals surface area contributed by atoms with Crippen molar-refractivity contribution in [2.45, 2.75) is 32.2 Å². The van der Waals surface area contributed by atoms with E-state index >= 15 is 0 Å². The summed E-state index contributed by atoms with van der Waals surface area (Å²) in [5.41, 5.74) is 2.24. The van der Waals surface area contributed by atoms with E-state index in [1.165, 1.54) is 0 Å². The number of carbonyl (C=O) groups is 1. The van der Waals surface area contributed by atoms with Gasteiger partial charge in [0.1, 0.15) is 5.82 Å². The molecular weight excluding hydrogens is 344 g/mol. The molecule has 0 radical (unpaired) electrons. The van der Waals surface area contributed by atoms with Gasteiger partial charge in [0.25, 0.3) is 0 Å². The monoisotopic (exact) mass is 366 g/mol. The van der Waals surface area contributed by atoms with Crippen LogP contribution in [0.5, 0.6) is 0 Å². The Bertz CT molecular complexity index is 864. The maximum atomic E-state index is 10.9. The number of benzene rings is 1. The second kappa shape index (κ2) is 8.36. The van der Waals surface area contributed by atoms with E-state index in [9.17, 15) is 4.79 Å². The summed E-state index contributed by atoms with van der Waals surface area (Å²) in [6.07, 6.45) is 1.53. The molecule has 0 spiro atoms. The van der Waals surface area contributed by atoms with Gasteiger partial charge in [-0.3, -0.25) is 0 Å². The zero-order valence-electron chi connectivity index (χ0n) is 15.1. The van der Waals surface area contributed by atoms with E-state index < -0.39 is 6.09 Å². The van der Waals surface area contributed by atoms with Crippen LogP contribution in [0.15, 0.2) is 30.3 Å². The number of carboxylic acid groups (broad SMARTS) is 1. The molecule has 1 atom stereocenters. The van der Waals surface area contributed by atoms with Gasteiger partial charge in [-0.2, -0.15) is 10.2 Å². The maximum absolute atomic E-state index is 10.9. The van der Waals surface area contributed by atoms with E-state index in [2.05, 4.69) is 38.5 Å². The molecule has 8 heteroatoms. The molecule has 3 N–H and O–H groups in total. The number of aryl methyl sites for hydroxylation is 1. The topological polar surface area (TPSA) is 114 Å². The standard InChI is InChI=1S/C19H22N6O2/c1-2-4-14-10-17(25-8-7-16(12-25)23-19(26)27)24-18(21-14)22-15-6-3-5-13(9-15)11-20/h3,5-6,9-10,16,23H,2,4,7-8,12H2,1H3,(H,26,27)(H,21,22,24)/t16-/m0/s1. The molecule has 0 unspecified atom stereocenters. The van der Waals surface area contributed by atoms with Crippen LogP contribution < -0.4 is 15.5 Å². The first-order valence-electron chi connectivity index (χ1n) is 8.97. The summed E-state index contributed by atoms with van der Waals surface area (Å²) >= 11 is 0. The van der Waals surface area contributed by atoms with Crippen LogP contribution in [0.25, 0.3) is 0 Å². The van der Waals surface area contributed by atoms with Crippen LogP contribution in [0.2, 0.25) is 0 Å². The summed E-state index contributed by atoms with van der Waals surface area (Å²) in [4.78, 5) is 22.1. The summed E-state index contributed by atoms with van der Waals surface area (Å²) in [6.45, 7) is 3.41. The Morgan fingerprint density at radius 2 is 2.26 bits per heavy atom. The fourth-order valence-corrected chi connectivity index (χ4v) is 3.14. The predicted molar refractivity (Wildman–Crippen MR) is 102 cm³/mol. The maximum Gasteiger partial charge on any atom is 0.404 e. The molecule has 8 nitrogen and oxygen atoms in total. The van der Waals surface area contributed by atoms with Gasteiger partial charge in [-0.05, 0) is 31.0 Å². The van der Waals surface area contributed by atoms with Crippen molar-refractivity contribution in [2.75, 3.05) is 23.3 Å². The Morgan fingerprint density at radius 3 is 3.00 bits per heavy atom. The number of rotatable bonds is 6. The SMILES string of the molecule is CCCc1cc(N2CC[C@H](NC(=O)O)C2)nc(Nc2cccc(C#N)c2)n1. The smallest absolute Gasteiger partial charge is 0.404 e. The minimum Gasteiger partial charge on any atom is -0.465 e. The lowest BCUT2D eigenvalue weighted by Crippen LogP contribution is -2.36.